The Morgan fingerprint density at radius 3 is 2.42 bits per heavy atom. The highest BCUT2D eigenvalue weighted by Gasteiger charge is 2.24. The standard InChI is InChI=1S/C23H24ClN5O2S2/c1-4-17-14-32-22(25-17)21-26-27-23(28-33-13-12-15-8-10-16(24)11-9-15)29(21)20-18(30-2)6-5-7-19(20)31-3/h5-11,14H,4,12-13H2,1-3H3,(H,27,28). The summed E-state index contributed by atoms with van der Waals surface area (Å²) in [6.45, 7) is 2.08. The van der Waals surface area contributed by atoms with Crippen LogP contribution in [0.15, 0.2) is 47.8 Å². The third-order valence-electron chi connectivity index (χ3n) is 4.96. The van der Waals surface area contributed by atoms with Crippen LogP contribution >= 0.6 is 34.9 Å². The van der Waals surface area contributed by atoms with E-state index in [-0.39, 0.29) is 0 Å². The molecule has 0 saturated heterocycles. The lowest BCUT2D eigenvalue weighted by Crippen LogP contribution is -2.07. The van der Waals surface area contributed by atoms with Crippen LogP contribution in [0.25, 0.3) is 16.5 Å². The second-order valence-electron chi connectivity index (χ2n) is 7.02. The van der Waals surface area contributed by atoms with Gasteiger partial charge in [0.15, 0.2) is 10.8 Å². The number of nitrogens with one attached hydrogen (secondary N) is 1. The van der Waals surface area contributed by atoms with E-state index in [9.17, 15) is 0 Å². The summed E-state index contributed by atoms with van der Waals surface area (Å²) in [6, 6.07) is 13.6. The fraction of sp³-hybridized carbons (Fsp3) is 0.261. The maximum absolute atomic E-state index is 5.98. The van der Waals surface area contributed by atoms with Crippen molar-refractivity contribution in [1.29, 1.82) is 0 Å². The molecule has 0 spiro atoms. The van der Waals surface area contributed by atoms with E-state index in [1.807, 2.05) is 52.4 Å². The molecule has 0 saturated carbocycles. The minimum absolute atomic E-state index is 0.571. The summed E-state index contributed by atoms with van der Waals surface area (Å²) in [6.07, 6.45) is 1.74. The van der Waals surface area contributed by atoms with Gasteiger partial charge in [0.05, 0.1) is 19.9 Å². The third kappa shape index (κ3) is 5.26. The molecule has 1 N–H and O–H groups in total. The van der Waals surface area contributed by atoms with Gasteiger partial charge in [-0.15, -0.1) is 21.5 Å². The van der Waals surface area contributed by atoms with Gasteiger partial charge >= 0.3 is 0 Å². The molecule has 4 rings (SSSR count). The average Bonchev–Trinajstić information content (AvgIpc) is 3.49. The number of methoxy groups -OCH3 is 2. The van der Waals surface area contributed by atoms with Gasteiger partial charge in [0.25, 0.3) is 0 Å². The first-order chi connectivity index (χ1) is 16.1. The summed E-state index contributed by atoms with van der Waals surface area (Å²) in [5.74, 6) is 3.34. The van der Waals surface area contributed by atoms with Crippen molar-refractivity contribution in [3.63, 3.8) is 0 Å². The lowest BCUT2D eigenvalue weighted by molar-refractivity contribution is 0.391. The molecule has 0 bridgehead atoms. The van der Waals surface area contributed by atoms with Gasteiger partial charge in [0.2, 0.25) is 5.95 Å². The Morgan fingerprint density at radius 2 is 1.79 bits per heavy atom. The van der Waals surface area contributed by atoms with Gasteiger partial charge in [-0.3, -0.25) is 9.29 Å². The molecule has 0 fully saturated rings. The Labute approximate surface area is 206 Å². The topological polar surface area (TPSA) is 74.1 Å². The Bertz CT molecular complexity index is 1190. The second kappa shape index (κ2) is 10.9. The predicted octanol–water partition coefficient (Wildman–Crippen LogP) is 5.93. The van der Waals surface area contributed by atoms with Crippen LogP contribution in [0.1, 0.15) is 18.2 Å². The molecule has 10 heteroatoms. The van der Waals surface area contributed by atoms with Crippen molar-refractivity contribution < 1.29 is 9.47 Å². The van der Waals surface area contributed by atoms with Crippen LogP contribution in [0.5, 0.6) is 11.5 Å². The normalized spacial score (nSPS) is 10.9. The van der Waals surface area contributed by atoms with E-state index in [2.05, 4.69) is 21.8 Å². The molecule has 172 valence electrons. The maximum atomic E-state index is 5.98. The van der Waals surface area contributed by atoms with E-state index in [0.717, 1.165) is 40.0 Å². The number of hydrogen-bond donors (Lipinski definition) is 1. The summed E-state index contributed by atoms with van der Waals surface area (Å²) in [5.41, 5.74) is 2.96. The van der Waals surface area contributed by atoms with Crippen LogP contribution in [0.3, 0.4) is 0 Å². The predicted molar refractivity (Wildman–Crippen MR) is 136 cm³/mol. The Balaban J connectivity index is 1.66. The van der Waals surface area contributed by atoms with Crippen LogP contribution in [0.2, 0.25) is 5.02 Å². The minimum Gasteiger partial charge on any atom is -0.494 e. The highest BCUT2D eigenvalue weighted by molar-refractivity contribution is 8.00. The molecule has 0 aliphatic carbocycles. The fourth-order valence-corrected chi connectivity index (χ4v) is 4.96. The Morgan fingerprint density at radius 1 is 1.06 bits per heavy atom. The van der Waals surface area contributed by atoms with Gasteiger partial charge in [0.1, 0.15) is 17.2 Å². The first-order valence-corrected chi connectivity index (χ1v) is 12.6. The number of ether oxygens (including phenoxy) is 2. The van der Waals surface area contributed by atoms with E-state index in [0.29, 0.717) is 23.3 Å². The fourth-order valence-electron chi connectivity index (χ4n) is 3.26. The van der Waals surface area contributed by atoms with Crippen LogP contribution in [0.4, 0.5) is 5.95 Å². The number of anilines is 1. The van der Waals surface area contributed by atoms with E-state index in [1.54, 1.807) is 37.5 Å². The molecule has 0 unspecified atom stereocenters. The summed E-state index contributed by atoms with van der Waals surface area (Å²) < 4.78 is 16.6. The van der Waals surface area contributed by atoms with Crippen molar-refractivity contribution >= 4 is 40.8 Å². The monoisotopic (exact) mass is 501 g/mol. The summed E-state index contributed by atoms with van der Waals surface area (Å²) in [7, 11) is 3.27. The largest absolute Gasteiger partial charge is 0.494 e. The second-order valence-corrected chi connectivity index (χ2v) is 9.21. The number of halogens is 1. The number of benzene rings is 2. The summed E-state index contributed by atoms with van der Waals surface area (Å²) in [5, 5.41) is 12.5. The smallest absolute Gasteiger partial charge is 0.239 e. The van der Waals surface area contributed by atoms with Crippen LogP contribution < -0.4 is 14.2 Å². The molecule has 2 aromatic carbocycles. The van der Waals surface area contributed by atoms with Gasteiger partial charge < -0.3 is 9.47 Å². The van der Waals surface area contributed by atoms with Crippen molar-refractivity contribution in [2.45, 2.75) is 19.8 Å². The summed E-state index contributed by atoms with van der Waals surface area (Å²) in [4.78, 5) is 4.72. The minimum atomic E-state index is 0.571. The number of aryl methyl sites for hydroxylation is 2. The zero-order chi connectivity index (χ0) is 23.2. The van der Waals surface area contributed by atoms with E-state index < -0.39 is 0 Å². The SMILES string of the molecule is CCc1csc(-c2nnc(NSCCc3ccc(Cl)cc3)n2-c2c(OC)cccc2OC)n1. The van der Waals surface area contributed by atoms with Crippen molar-refractivity contribution in [3.8, 4) is 28.0 Å². The molecule has 4 aromatic rings. The number of hydrogen-bond acceptors (Lipinski definition) is 8. The average molecular weight is 502 g/mol. The first kappa shape index (κ1) is 23.4. The molecule has 0 aliphatic heterocycles. The van der Waals surface area contributed by atoms with Gasteiger partial charge in [-0.1, -0.05) is 36.7 Å². The number of para-hydroxylation sites is 1. The van der Waals surface area contributed by atoms with Crippen LogP contribution in [-0.2, 0) is 12.8 Å². The van der Waals surface area contributed by atoms with Gasteiger partial charge in [0, 0.05) is 16.2 Å². The highest BCUT2D eigenvalue weighted by Crippen LogP contribution is 2.38. The van der Waals surface area contributed by atoms with Crippen molar-refractivity contribution in [2.24, 2.45) is 0 Å². The molecule has 0 radical (unpaired) electrons. The van der Waals surface area contributed by atoms with Gasteiger partial charge in [-0.25, -0.2) is 4.98 Å². The molecule has 0 atom stereocenters. The molecule has 0 amide bonds. The van der Waals surface area contributed by atoms with Crippen molar-refractivity contribution in [3.05, 3.63) is 64.1 Å². The zero-order valence-electron chi connectivity index (χ0n) is 18.5. The molecule has 0 aliphatic rings. The van der Waals surface area contributed by atoms with Crippen molar-refractivity contribution in [1.82, 2.24) is 19.7 Å². The van der Waals surface area contributed by atoms with E-state index in [4.69, 9.17) is 26.1 Å². The molecule has 33 heavy (non-hydrogen) atoms. The van der Waals surface area contributed by atoms with E-state index >= 15 is 0 Å². The number of nitrogens with zero attached hydrogens (tertiary/aromatic N) is 4. The first-order valence-electron chi connectivity index (χ1n) is 10.4. The molecular weight excluding hydrogens is 478 g/mol. The van der Waals surface area contributed by atoms with Crippen LogP contribution in [-0.4, -0.2) is 39.7 Å². The molecule has 2 heterocycles. The molecule has 7 nitrogen and oxygen atoms in total. The summed E-state index contributed by atoms with van der Waals surface area (Å²) >= 11 is 9.08. The van der Waals surface area contributed by atoms with E-state index in [1.165, 1.54) is 5.56 Å². The lowest BCUT2D eigenvalue weighted by atomic mass is 10.2. The number of rotatable bonds is 10. The third-order valence-corrected chi connectivity index (χ3v) is 6.84. The Kier molecular flexibility index (Phi) is 7.74. The molecule has 2 aromatic heterocycles. The zero-order valence-corrected chi connectivity index (χ0v) is 20.9. The quantitative estimate of drug-likeness (QED) is 0.213. The maximum Gasteiger partial charge on any atom is 0.239 e. The van der Waals surface area contributed by atoms with Gasteiger partial charge in [-0.05, 0) is 54.6 Å². The van der Waals surface area contributed by atoms with Crippen molar-refractivity contribution in [2.75, 3.05) is 24.7 Å². The number of thiazole rings is 1. The Hall–Kier alpha value is -2.75. The van der Waals surface area contributed by atoms with Crippen LogP contribution in [0, 0.1) is 0 Å². The van der Waals surface area contributed by atoms with Gasteiger partial charge in [-0.2, -0.15) is 0 Å². The highest BCUT2D eigenvalue weighted by atomic mass is 35.5. The lowest BCUT2D eigenvalue weighted by Gasteiger charge is -2.17. The number of aromatic nitrogens is 4. The molecular formula is C23H24ClN5O2S2.